The van der Waals surface area contributed by atoms with Crippen molar-refractivity contribution in [2.24, 2.45) is 0 Å². The standard InChI is InChI=1S/C31H63N3O5S/c1-33(2,3)27-19-18-22-29(35)21-14-10-7-8-11-15-23-30(40(37,38)39)24-16-12-9-13-17-25-31(36)32-26-20-28-34(4,5)6/h30H,7-28H2,1-6H3/p+2. The Morgan fingerprint density at radius 1 is 0.600 bits per heavy atom. The third-order valence-electron chi connectivity index (χ3n) is 7.45. The lowest BCUT2D eigenvalue weighted by atomic mass is 10.0. The Morgan fingerprint density at radius 3 is 1.48 bits per heavy atom. The van der Waals surface area contributed by atoms with Crippen LogP contribution in [0.15, 0.2) is 0 Å². The first-order valence-electron chi connectivity index (χ1n) is 16.0. The van der Waals surface area contributed by atoms with E-state index in [0.29, 0.717) is 37.9 Å². The fourth-order valence-corrected chi connectivity index (χ4v) is 5.86. The first kappa shape index (κ1) is 39.0. The normalized spacial score (nSPS) is 13.4. The van der Waals surface area contributed by atoms with Crippen LogP contribution in [0.5, 0.6) is 0 Å². The van der Waals surface area contributed by atoms with Gasteiger partial charge in [-0.1, -0.05) is 57.8 Å². The van der Waals surface area contributed by atoms with E-state index in [-0.39, 0.29) is 5.91 Å². The molecule has 0 spiro atoms. The molecule has 0 aromatic rings. The molecule has 2 N–H and O–H groups in total. The number of hydrogen-bond donors (Lipinski definition) is 2. The first-order chi connectivity index (χ1) is 18.6. The van der Waals surface area contributed by atoms with E-state index in [2.05, 4.69) is 47.6 Å². The molecule has 0 aromatic heterocycles. The van der Waals surface area contributed by atoms with Crippen LogP contribution >= 0.6 is 0 Å². The topological polar surface area (TPSA) is 101 Å². The van der Waals surface area contributed by atoms with Crippen molar-refractivity contribution in [1.29, 1.82) is 0 Å². The second kappa shape index (κ2) is 21.6. The highest BCUT2D eigenvalue weighted by Crippen LogP contribution is 2.19. The Bertz CT molecular complexity index is 773. The van der Waals surface area contributed by atoms with E-state index in [9.17, 15) is 22.6 Å². The molecule has 0 saturated carbocycles. The molecule has 0 aliphatic carbocycles. The molecule has 0 rings (SSSR count). The summed E-state index contributed by atoms with van der Waals surface area (Å²) < 4.78 is 35.1. The maximum Gasteiger partial charge on any atom is 0.267 e. The van der Waals surface area contributed by atoms with E-state index in [0.717, 1.165) is 118 Å². The van der Waals surface area contributed by atoms with Crippen molar-refractivity contribution < 1.29 is 31.5 Å². The predicted molar refractivity (Wildman–Crippen MR) is 167 cm³/mol. The number of quaternary nitrogens is 2. The van der Waals surface area contributed by atoms with E-state index in [4.69, 9.17) is 0 Å². The van der Waals surface area contributed by atoms with Gasteiger partial charge in [0, 0.05) is 32.2 Å². The minimum Gasteiger partial charge on any atom is -0.356 e. The van der Waals surface area contributed by atoms with E-state index in [1.807, 2.05) is 0 Å². The van der Waals surface area contributed by atoms with Crippen molar-refractivity contribution in [3.05, 3.63) is 0 Å². The fourth-order valence-electron chi connectivity index (χ4n) is 4.93. The number of rotatable bonds is 27. The zero-order valence-corrected chi connectivity index (χ0v) is 27.8. The number of hydrogen-bond acceptors (Lipinski definition) is 4. The van der Waals surface area contributed by atoms with Gasteiger partial charge in [-0.25, -0.2) is 0 Å². The molecule has 0 aliphatic rings. The van der Waals surface area contributed by atoms with Gasteiger partial charge in [0.15, 0.2) is 0 Å². The second-order valence-corrected chi connectivity index (χ2v) is 15.5. The van der Waals surface area contributed by atoms with E-state index in [1.54, 1.807) is 0 Å². The molecule has 0 fully saturated rings. The van der Waals surface area contributed by atoms with Crippen molar-refractivity contribution >= 4 is 21.8 Å². The third-order valence-corrected chi connectivity index (χ3v) is 8.76. The minimum atomic E-state index is -4.02. The quantitative estimate of drug-likeness (QED) is 0.0720. The highest BCUT2D eigenvalue weighted by molar-refractivity contribution is 7.86. The number of carbonyl (C=O) groups excluding carboxylic acids is 2. The number of ketones is 1. The molecular formula is C31H65N3O5S+2. The summed E-state index contributed by atoms with van der Waals surface area (Å²) >= 11 is 0. The lowest BCUT2D eigenvalue weighted by Crippen LogP contribution is -2.37. The van der Waals surface area contributed by atoms with Crippen LogP contribution in [-0.2, 0) is 19.7 Å². The lowest BCUT2D eigenvalue weighted by Gasteiger charge is -2.23. The molecule has 0 heterocycles. The number of nitrogens with zero attached hydrogens (tertiary/aromatic N) is 2. The van der Waals surface area contributed by atoms with Gasteiger partial charge in [-0.15, -0.1) is 0 Å². The summed E-state index contributed by atoms with van der Waals surface area (Å²) in [5, 5.41) is 2.32. The average molecular weight is 592 g/mol. The van der Waals surface area contributed by atoms with Crippen LogP contribution in [0.1, 0.15) is 122 Å². The van der Waals surface area contributed by atoms with Crippen LogP contribution in [0.3, 0.4) is 0 Å². The third kappa shape index (κ3) is 27.2. The van der Waals surface area contributed by atoms with Crippen LogP contribution in [0.4, 0.5) is 0 Å². The SMILES string of the molecule is C[N+](C)(C)CCCCC(=O)CCCCCCCCC(CCCCCCCC(=O)NCCC[N+](C)(C)C)S(=O)(=O)O. The van der Waals surface area contributed by atoms with Crippen LogP contribution in [0.25, 0.3) is 0 Å². The molecule has 0 saturated heterocycles. The first-order valence-corrected chi connectivity index (χ1v) is 17.5. The smallest absolute Gasteiger partial charge is 0.267 e. The summed E-state index contributed by atoms with van der Waals surface area (Å²) in [6, 6.07) is 0. The number of amides is 1. The zero-order valence-electron chi connectivity index (χ0n) is 27.0. The molecule has 40 heavy (non-hydrogen) atoms. The monoisotopic (exact) mass is 591 g/mol. The van der Waals surface area contributed by atoms with Gasteiger partial charge in [-0.3, -0.25) is 14.1 Å². The second-order valence-electron chi connectivity index (χ2n) is 13.8. The van der Waals surface area contributed by atoms with Gasteiger partial charge in [-0.2, -0.15) is 8.42 Å². The summed E-state index contributed by atoms with van der Waals surface area (Å²) in [4.78, 5) is 24.0. The molecule has 9 heteroatoms. The predicted octanol–water partition coefficient (Wildman–Crippen LogP) is 5.75. The van der Waals surface area contributed by atoms with Gasteiger partial charge < -0.3 is 14.3 Å². The highest BCUT2D eigenvalue weighted by Gasteiger charge is 2.21. The summed E-state index contributed by atoms with van der Waals surface area (Å²) in [6.45, 7) is 2.86. The van der Waals surface area contributed by atoms with Crippen LogP contribution in [-0.4, -0.2) is 101 Å². The molecule has 1 atom stereocenters. The molecular weight excluding hydrogens is 526 g/mol. The largest absolute Gasteiger partial charge is 0.356 e. The van der Waals surface area contributed by atoms with Crippen molar-refractivity contribution in [3.63, 3.8) is 0 Å². The van der Waals surface area contributed by atoms with Crippen molar-refractivity contribution in [2.45, 2.75) is 127 Å². The summed E-state index contributed by atoms with van der Waals surface area (Å²) in [6.07, 6.45) is 16.4. The van der Waals surface area contributed by atoms with E-state index in [1.165, 1.54) is 0 Å². The molecule has 1 unspecified atom stereocenters. The molecule has 0 aromatic carbocycles. The van der Waals surface area contributed by atoms with Crippen molar-refractivity contribution in [1.82, 2.24) is 5.32 Å². The van der Waals surface area contributed by atoms with Gasteiger partial charge in [-0.05, 0) is 38.5 Å². The Hall–Kier alpha value is -1.03. The molecule has 0 radical (unpaired) electrons. The Balaban J connectivity index is 3.79. The van der Waals surface area contributed by atoms with Crippen LogP contribution in [0.2, 0.25) is 0 Å². The van der Waals surface area contributed by atoms with E-state index < -0.39 is 15.4 Å². The van der Waals surface area contributed by atoms with E-state index >= 15 is 0 Å². The summed E-state index contributed by atoms with van der Waals surface area (Å²) in [7, 11) is 8.94. The number of nitrogens with one attached hydrogen (secondary N) is 1. The summed E-state index contributed by atoms with van der Waals surface area (Å²) in [5.74, 6) is 0.493. The van der Waals surface area contributed by atoms with Gasteiger partial charge in [0.1, 0.15) is 5.78 Å². The summed E-state index contributed by atoms with van der Waals surface area (Å²) in [5.41, 5.74) is 0. The van der Waals surface area contributed by atoms with Gasteiger partial charge >= 0.3 is 0 Å². The van der Waals surface area contributed by atoms with Gasteiger partial charge in [0.05, 0.1) is 60.6 Å². The highest BCUT2D eigenvalue weighted by atomic mass is 32.2. The zero-order chi connectivity index (χ0) is 30.5. The van der Waals surface area contributed by atoms with Crippen LogP contribution in [0, 0.1) is 0 Å². The van der Waals surface area contributed by atoms with Crippen LogP contribution < -0.4 is 5.32 Å². The van der Waals surface area contributed by atoms with Crippen molar-refractivity contribution in [2.75, 3.05) is 61.9 Å². The molecule has 8 nitrogen and oxygen atoms in total. The number of unbranched alkanes of at least 4 members (excludes halogenated alkanes) is 10. The maximum atomic E-state index is 12.0. The number of carbonyl (C=O) groups is 2. The molecule has 0 aliphatic heterocycles. The Kier molecular flexibility index (Phi) is 21.1. The van der Waals surface area contributed by atoms with Gasteiger partial charge in [0.25, 0.3) is 10.1 Å². The maximum absolute atomic E-state index is 12.0. The Labute approximate surface area is 247 Å². The molecule has 238 valence electrons. The molecule has 1 amide bonds. The number of Topliss-reactive ketones (excluding diaryl/α,β-unsaturated/α-hetero) is 1. The van der Waals surface area contributed by atoms with Crippen molar-refractivity contribution in [3.8, 4) is 0 Å². The Morgan fingerprint density at radius 2 is 1.00 bits per heavy atom. The molecule has 0 bridgehead atoms. The minimum absolute atomic E-state index is 0.114. The fraction of sp³-hybridized carbons (Fsp3) is 0.935. The van der Waals surface area contributed by atoms with Gasteiger partial charge in [0.2, 0.25) is 5.91 Å². The lowest BCUT2D eigenvalue weighted by molar-refractivity contribution is -0.870. The average Bonchev–Trinajstić information content (AvgIpc) is 2.82.